The first kappa shape index (κ1) is 9.75. The first-order valence-corrected chi connectivity index (χ1v) is 5.52. The largest absolute Gasteiger partial charge is 0.313 e. The molecule has 0 saturated heterocycles. The maximum atomic E-state index is 3.35. The molecule has 2 heteroatoms. The molecule has 1 heterocycles. The Morgan fingerprint density at radius 2 is 2.42 bits per heavy atom. The first-order chi connectivity index (χ1) is 5.88. The summed E-state index contributed by atoms with van der Waals surface area (Å²) in [6, 6.07) is 2.78. The second kappa shape index (κ2) is 5.33. The molecule has 1 aromatic heterocycles. The summed E-state index contributed by atoms with van der Waals surface area (Å²) < 4.78 is 0. The average molecular weight is 183 g/mol. The molecule has 0 amide bonds. The summed E-state index contributed by atoms with van der Waals surface area (Å²) >= 11 is 1.78. The van der Waals surface area contributed by atoms with Crippen LogP contribution < -0.4 is 5.32 Å². The van der Waals surface area contributed by atoms with E-state index in [0.29, 0.717) is 6.04 Å². The standard InChI is InChI=1S/C10H17NS/c1-3-4-5-10(11-2)9-6-7-12-8-9/h6-8,10-11H,3-5H2,1-2H3. The van der Waals surface area contributed by atoms with Gasteiger partial charge in [-0.2, -0.15) is 11.3 Å². The molecule has 1 N–H and O–H groups in total. The van der Waals surface area contributed by atoms with Gasteiger partial charge in [-0.1, -0.05) is 19.8 Å². The second-order valence-corrected chi connectivity index (χ2v) is 3.82. The molecule has 0 aromatic carbocycles. The summed E-state index contributed by atoms with van der Waals surface area (Å²) in [6.07, 6.45) is 3.84. The maximum Gasteiger partial charge on any atom is 0.0325 e. The van der Waals surface area contributed by atoms with Crippen LogP contribution in [0.25, 0.3) is 0 Å². The van der Waals surface area contributed by atoms with Gasteiger partial charge in [-0.3, -0.25) is 0 Å². The topological polar surface area (TPSA) is 12.0 Å². The van der Waals surface area contributed by atoms with Crippen molar-refractivity contribution in [2.75, 3.05) is 7.05 Å². The van der Waals surface area contributed by atoms with E-state index in [1.165, 1.54) is 24.8 Å². The smallest absolute Gasteiger partial charge is 0.0325 e. The summed E-state index contributed by atoms with van der Waals surface area (Å²) in [5.74, 6) is 0. The Morgan fingerprint density at radius 1 is 1.58 bits per heavy atom. The van der Waals surface area contributed by atoms with Crippen molar-refractivity contribution in [2.24, 2.45) is 0 Å². The lowest BCUT2D eigenvalue weighted by atomic mass is 10.0. The molecule has 0 radical (unpaired) electrons. The van der Waals surface area contributed by atoms with Crippen LogP contribution in [0.1, 0.15) is 37.8 Å². The van der Waals surface area contributed by atoms with Crippen LogP contribution in [0, 0.1) is 0 Å². The third kappa shape index (κ3) is 2.61. The van der Waals surface area contributed by atoms with Crippen molar-refractivity contribution in [1.29, 1.82) is 0 Å². The van der Waals surface area contributed by atoms with Gasteiger partial charge in [0.25, 0.3) is 0 Å². The Bertz CT molecular complexity index is 194. The Hall–Kier alpha value is -0.340. The number of hydrogen-bond acceptors (Lipinski definition) is 2. The lowest BCUT2D eigenvalue weighted by Crippen LogP contribution is -2.15. The maximum absolute atomic E-state index is 3.35. The van der Waals surface area contributed by atoms with Gasteiger partial charge in [0.05, 0.1) is 0 Å². The fraction of sp³-hybridized carbons (Fsp3) is 0.600. The van der Waals surface area contributed by atoms with Crippen molar-refractivity contribution >= 4 is 11.3 Å². The minimum absolute atomic E-state index is 0.566. The minimum Gasteiger partial charge on any atom is -0.313 e. The predicted molar refractivity (Wildman–Crippen MR) is 55.6 cm³/mol. The molecular weight excluding hydrogens is 166 g/mol. The van der Waals surface area contributed by atoms with Gasteiger partial charge < -0.3 is 5.32 Å². The van der Waals surface area contributed by atoms with Gasteiger partial charge in [-0.05, 0) is 35.9 Å². The third-order valence-corrected chi connectivity index (χ3v) is 2.84. The van der Waals surface area contributed by atoms with Crippen molar-refractivity contribution in [3.63, 3.8) is 0 Å². The number of nitrogens with one attached hydrogen (secondary N) is 1. The van der Waals surface area contributed by atoms with Crippen LogP contribution in [0.15, 0.2) is 16.8 Å². The zero-order chi connectivity index (χ0) is 8.81. The van der Waals surface area contributed by atoms with E-state index in [0.717, 1.165) is 0 Å². The van der Waals surface area contributed by atoms with Crippen molar-refractivity contribution in [3.05, 3.63) is 22.4 Å². The summed E-state index contributed by atoms with van der Waals surface area (Å²) in [6.45, 7) is 2.24. The van der Waals surface area contributed by atoms with Gasteiger partial charge >= 0.3 is 0 Å². The third-order valence-electron chi connectivity index (χ3n) is 2.14. The van der Waals surface area contributed by atoms with E-state index in [-0.39, 0.29) is 0 Å². The molecule has 1 rings (SSSR count). The molecule has 0 aliphatic carbocycles. The second-order valence-electron chi connectivity index (χ2n) is 3.04. The summed E-state index contributed by atoms with van der Waals surface area (Å²) in [7, 11) is 2.04. The van der Waals surface area contributed by atoms with Crippen LogP contribution in [0.3, 0.4) is 0 Å². The van der Waals surface area contributed by atoms with Crippen LogP contribution in [0.4, 0.5) is 0 Å². The van der Waals surface area contributed by atoms with Crippen LogP contribution in [0.5, 0.6) is 0 Å². The van der Waals surface area contributed by atoms with Gasteiger partial charge in [-0.25, -0.2) is 0 Å². The van der Waals surface area contributed by atoms with Crippen molar-refractivity contribution in [1.82, 2.24) is 5.32 Å². The molecule has 1 atom stereocenters. The summed E-state index contributed by atoms with van der Waals surface area (Å²) in [5, 5.41) is 7.72. The molecular formula is C10H17NS. The summed E-state index contributed by atoms with van der Waals surface area (Å²) in [5.41, 5.74) is 1.44. The molecule has 0 aliphatic rings. The van der Waals surface area contributed by atoms with Crippen LogP contribution in [-0.2, 0) is 0 Å². The highest BCUT2D eigenvalue weighted by molar-refractivity contribution is 7.07. The Labute approximate surface area is 78.8 Å². The van der Waals surface area contributed by atoms with Gasteiger partial charge in [0.15, 0.2) is 0 Å². The molecule has 0 saturated carbocycles. The highest BCUT2D eigenvalue weighted by atomic mass is 32.1. The average Bonchev–Trinajstić information content (AvgIpc) is 2.59. The minimum atomic E-state index is 0.566. The van der Waals surface area contributed by atoms with Crippen LogP contribution in [-0.4, -0.2) is 7.05 Å². The van der Waals surface area contributed by atoms with E-state index >= 15 is 0 Å². The fourth-order valence-electron chi connectivity index (χ4n) is 1.36. The van der Waals surface area contributed by atoms with Gasteiger partial charge in [0, 0.05) is 6.04 Å². The molecule has 0 fully saturated rings. The monoisotopic (exact) mass is 183 g/mol. The van der Waals surface area contributed by atoms with Crippen molar-refractivity contribution in [3.8, 4) is 0 Å². The van der Waals surface area contributed by atoms with E-state index in [4.69, 9.17) is 0 Å². The molecule has 0 spiro atoms. The van der Waals surface area contributed by atoms with E-state index < -0.39 is 0 Å². The molecule has 0 aliphatic heterocycles. The lowest BCUT2D eigenvalue weighted by molar-refractivity contribution is 0.524. The van der Waals surface area contributed by atoms with E-state index in [2.05, 4.69) is 29.1 Å². The van der Waals surface area contributed by atoms with Crippen LogP contribution in [0.2, 0.25) is 0 Å². The summed E-state index contributed by atoms with van der Waals surface area (Å²) in [4.78, 5) is 0. The van der Waals surface area contributed by atoms with E-state index in [1.807, 2.05) is 7.05 Å². The Balaban J connectivity index is 2.45. The number of unbranched alkanes of at least 4 members (excludes halogenated alkanes) is 1. The lowest BCUT2D eigenvalue weighted by Gasteiger charge is -2.13. The number of rotatable bonds is 5. The molecule has 0 bridgehead atoms. The van der Waals surface area contributed by atoms with Crippen LogP contribution >= 0.6 is 11.3 Å². The normalized spacial score (nSPS) is 13.2. The zero-order valence-electron chi connectivity index (χ0n) is 7.84. The highest BCUT2D eigenvalue weighted by Crippen LogP contribution is 2.20. The van der Waals surface area contributed by atoms with E-state index in [1.54, 1.807) is 11.3 Å². The first-order valence-electron chi connectivity index (χ1n) is 4.57. The molecule has 1 nitrogen and oxygen atoms in total. The van der Waals surface area contributed by atoms with Gasteiger partial charge in [-0.15, -0.1) is 0 Å². The Morgan fingerprint density at radius 3 is 2.92 bits per heavy atom. The van der Waals surface area contributed by atoms with Gasteiger partial charge in [0.1, 0.15) is 0 Å². The number of hydrogen-bond donors (Lipinski definition) is 1. The van der Waals surface area contributed by atoms with Crippen molar-refractivity contribution in [2.45, 2.75) is 32.2 Å². The highest BCUT2D eigenvalue weighted by Gasteiger charge is 2.07. The fourth-order valence-corrected chi connectivity index (χ4v) is 2.07. The molecule has 1 aromatic rings. The molecule has 12 heavy (non-hydrogen) atoms. The Kier molecular flexibility index (Phi) is 4.33. The van der Waals surface area contributed by atoms with E-state index in [9.17, 15) is 0 Å². The predicted octanol–water partition coefficient (Wildman–Crippen LogP) is 3.20. The quantitative estimate of drug-likeness (QED) is 0.739. The zero-order valence-corrected chi connectivity index (χ0v) is 8.66. The number of thiophene rings is 1. The molecule has 68 valence electrons. The molecule has 1 unspecified atom stereocenters. The SMILES string of the molecule is CCCCC(NC)c1ccsc1. The van der Waals surface area contributed by atoms with Gasteiger partial charge in [0.2, 0.25) is 0 Å². The van der Waals surface area contributed by atoms with Crippen molar-refractivity contribution < 1.29 is 0 Å².